The van der Waals surface area contributed by atoms with E-state index in [1.807, 2.05) is 48.5 Å². The standard InChI is InChI=1S/C16H14O2/c1-2-7-14-10-6-11-15(16(14)18-12-17)13-8-4-3-5-9-13/h2-6,8-12H,1,7H2. The van der Waals surface area contributed by atoms with Crippen LogP contribution in [0.15, 0.2) is 61.2 Å². The van der Waals surface area contributed by atoms with Crippen LogP contribution in [0.2, 0.25) is 0 Å². The van der Waals surface area contributed by atoms with E-state index in [1.165, 1.54) is 0 Å². The summed E-state index contributed by atoms with van der Waals surface area (Å²) in [5.41, 5.74) is 2.90. The first-order valence-electron chi connectivity index (χ1n) is 5.75. The molecule has 0 aliphatic heterocycles. The molecule has 0 N–H and O–H groups in total. The maximum Gasteiger partial charge on any atom is 0.298 e. The van der Waals surface area contributed by atoms with Crippen molar-refractivity contribution in [2.45, 2.75) is 6.42 Å². The molecule has 0 unspecified atom stereocenters. The van der Waals surface area contributed by atoms with E-state index < -0.39 is 0 Å². The van der Waals surface area contributed by atoms with Crippen molar-refractivity contribution in [1.82, 2.24) is 0 Å². The van der Waals surface area contributed by atoms with E-state index in [2.05, 4.69) is 6.58 Å². The number of carbonyl (C=O) groups is 1. The zero-order valence-electron chi connectivity index (χ0n) is 10.0. The molecule has 0 bridgehead atoms. The second kappa shape index (κ2) is 5.82. The largest absolute Gasteiger partial charge is 0.428 e. The van der Waals surface area contributed by atoms with Crippen molar-refractivity contribution >= 4 is 6.47 Å². The van der Waals surface area contributed by atoms with Gasteiger partial charge in [0, 0.05) is 5.56 Å². The Morgan fingerprint density at radius 2 is 1.83 bits per heavy atom. The molecule has 0 amide bonds. The van der Waals surface area contributed by atoms with Crippen LogP contribution < -0.4 is 4.74 Å². The van der Waals surface area contributed by atoms with Gasteiger partial charge in [-0.1, -0.05) is 54.6 Å². The van der Waals surface area contributed by atoms with Crippen molar-refractivity contribution in [3.8, 4) is 16.9 Å². The molecule has 0 saturated heterocycles. The van der Waals surface area contributed by atoms with E-state index in [0.717, 1.165) is 16.7 Å². The number of ether oxygens (including phenoxy) is 1. The molecule has 0 saturated carbocycles. The number of hydrogen-bond acceptors (Lipinski definition) is 2. The molecule has 0 heterocycles. The fraction of sp³-hybridized carbons (Fsp3) is 0.0625. The first-order chi connectivity index (χ1) is 8.86. The SMILES string of the molecule is C=CCc1cccc(-c2ccccc2)c1OC=O. The first kappa shape index (κ1) is 12.1. The zero-order valence-corrected chi connectivity index (χ0v) is 10.0. The minimum atomic E-state index is 0.467. The Labute approximate surface area is 107 Å². The molecule has 0 aromatic heterocycles. The number of hydrogen-bond donors (Lipinski definition) is 0. The quantitative estimate of drug-likeness (QED) is 0.587. The lowest BCUT2D eigenvalue weighted by Crippen LogP contribution is -1.97. The summed E-state index contributed by atoms with van der Waals surface area (Å²) in [4.78, 5) is 10.7. The number of carbonyl (C=O) groups excluding carboxylic acids is 1. The Bertz CT molecular complexity index is 544. The molecule has 2 aromatic carbocycles. The average molecular weight is 238 g/mol. The molecular weight excluding hydrogens is 224 g/mol. The predicted octanol–water partition coefficient (Wildman–Crippen LogP) is 3.62. The van der Waals surface area contributed by atoms with Gasteiger partial charge >= 0.3 is 0 Å². The number of allylic oxidation sites excluding steroid dienone is 1. The van der Waals surface area contributed by atoms with Crippen LogP contribution in [-0.4, -0.2) is 6.47 Å². The van der Waals surface area contributed by atoms with Gasteiger partial charge in [-0.15, -0.1) is 6.58 Å². The van der Waals surface area contributed by atoms with E-state index in [4.69, 9.17) is 4.74 Å². The van der Waals surface area contributed by atoms with Crippen LogP contribution in [0.4, 0.5) is 0 Å². The normalized spacial score (nSPS) is 9.78. The summed E-state index contributed by atoms with van der Waals surface area (Å²) in [6.45, 7) is 4.18. The maximum atomic E-state index is 10.7. The average Bonchev–Trinajstić information content (AvgIpc) is 2.42. The number of rotatable bonds is 5. The van der Waals surface area contributed by atoms with Crippen molar-refractivity contribution in [3.63, 3.8) is 0 Å². The Morgan fingerprint density at radius 3 is 2.50 bits per heavy atom. The molecule has 2 heteroatoms. The highest BCUT2D eigenvalue weighted by Gasteiger charge is 2.10. The summed E-state index contributed by atoms with van der Waals surface area (Å²) < 4.78 is 5.15. The lowest BCUT2D eigenvalue weighted by Gasteiger charge is -2.11. The topological polar surface area (TPSA) is 26.3 Å². The van der Waals surface area contributed by atoms with Gasteiger partial charge in [0.2, 0.25) is 0 Å². The van der Waals surface area contributed by atoms with Gasteiger partial charge < -0.3 is 4.74 Å². The van der Waals surface area contributed by atoms with Crippen molar-refractivity contribution in [3.05, 3.63) is 66.7 Å². The van der Waals surface area contributed by atoms with Gasteiger partial charge in [-0.3, -0.25) is 4.79 Å². The molecule has 0 aliphatic carbocycles. The minimum absolute atomic E-state index is 0.467. The lowest BCUT2D eigenvalue weighted by atomic mass is 10.00. The Hall–Kier alpha value is -2.35. The van der Waals surface area contributed by atoms with Crippen LogP contribution in [0, 0.1) is 0 Å². The first-order valence-corrected chi connectivity index (χ1v) is 5.75. The summed E-state index contributed by atoms with van der Waals surface area (Å²) in [6, 6.07) is 15.7. The van der Waals surface area contributed by atoms with E-state index in [-0.39, 0.29) is 0 Å². The van der Waals surface area contributed by atoms with Crippen LogP contribution in [0.1, 0.15) is 5.56 Å². The lowest BCUT2D eigenvalue weighted by molar-refractivity contribution is -0.120. The smallest absolute Gasteiger partial charge is 0.298 e. The summed E-state index contributed by atoms with van der Waals surface area (Å²) in [5, 5.41) is 0. The van der Waals surface area contributed by atoms with Crippen molar-refractivity contribution in [2.24, 2.45) is 0 Å². The van der Waals surface area contributed by atoms with Gasteiger partial charge in [0.05, 0.1) is 0 Å². The third-order valence-electron chi connectivity index (χ3n) is 2.71. The van der Waals surface area contributed by atoms with Gasteiger partial charge in [-0.2, -0.15) is 0 Å². The highest BCUT2D eigenvalue weighted by Crippen LogP contribution is 2.33. The van der Waals surface area contributed by atoms with Gasteiger partial charge in [0.25, 0.3) is 6.47 Å². The van der Waals surface area contributed by atoms with Gasteiger partial charge in [-0.25, -0.2) is 0 Å². The van der Waals surface area contributed by atoms with Crippen LogP contribution >= 0.6 is 0 Å². The molecule has 0 aliphatic rings. The Balaban J connectivity index is 2.55. The van der Waals surface area contributed by atoms with E-state index >= 15 is 0 Å². The molecule has 0 fully saturated rings. The second-order valence-electron chi connectivity index (χ2n) is 3.87. The Morgan fingerprint density at radius 1 is 1.06 bits per heavy atom. The molecule has 90 valence electrons. The monoisotopic (exact) mass is 238 g/mol. The van der Waals surface area contributed by atoms with Crippen LogP contribution in [0.25, 0.3) is 11.1 Å². The summed E-state index contributed by atoms with van der Waals surface area (Å²) >= 11 is 0. The zero-order chi connectivity index (χ0) is 12.8. The molecule has 2 aromatic rings. The van der Waals surface area contributed by atoms with E-state index in [0.29, 0.717) is 18.6 Å². The highest BCUT2D eigenvalue weighted by atomic mass is 16.5. The summed E-state index contributed by atoms with van der Waals surface area (Å²) in [7, 11) is 0. The predicted molar refractivity (Wildman–Crippen MR) is 72.5 cm³/mol. The van der Waals surface area contributed by atoms with Crippen LogP contribution in [0.3, 0.4) is 0 Å². The molecule has 2 nitrogen and oxygen atoms in total. The molecule has 0 radical (unpaired) electrons. The molecule has 0 atom stereocenters. The highest BCUT2D eigenvalue weighted by molar-refractivity contribution is 5.74. The van der Waals surface area contributed by atoms with Gasteiger partial charge in [0.15, 0.2) is 0 Å². The molecule has 2 rings (SSSR count). The fourth-order valence-electron chi connectivity index (χ4n) is 1.93. The molecule has 18 heavy (non-hydrogen) atoms. The van der Waals surface area contributed by atoms with E-state index in [1.54, 1.807) is 6.08 Å². The van der Waals surface area contributed by atoms with Crippen molar-refractivity contribution in [2.75, 3.05) is 0 Å². The van der Waals surface area contributed by atoms with Crippen LogP contribution in [-0.2, 0) is 11.2 Å². The molecular formula is C16H14O2. The fourth-order valence-corrected chi connectivity index (χ4v) is 1.93. The van der Waals surface area contributed by atoms with Gasteiger partial charge in [0.1, 0.15) is 5.75 Å². The van der Waals surface area contributed by atoms with Gasteiger partial charge in [-0.05, 0) is 17.5 Å². The van der Waals surface area contributed by atoms with Crippen molar-refractivity contribution < 1.29 is 9.53 Å². The second-order valence-corrected chi connectivity index (χ2v) is 3.87. The summed E-state index contributed by atoms with van der Waals surface area (Å²) in [5.74, 6) is 0.610. The third kappa shape index (κ3) is 2.48. The Kier molecular flexibility index (Phi) is 3.92. The molecule has 0 spiro atoms. The number of benzene rings is 2. The summed E-state index contributed by atoms with van der Waals surface area (Å²) in [6.07, 6.45) is 2.46. The van der Waals surface area contributed by atoms with Crippen LogP contribution in [0.5, 0.6) is 5.75 Å². The third-order valence-corrected chi connectivity index (χ3v) is 2.71. The maximum absolute atomic E-state index is 10.7. The number of para-hydroxylation sites is 1. The minimum Gasteiger partial charge on any atom is -0.428 e. The van der Waals surface area contributed by atoms with E-state index in [9.17, 15) is 4.79 Å². The van der Waals surface area contributed by atoms with Crippen molar-refractivity contribution in [1.29, 1.82) is 0 Å².